The second kappa shape index (κ2) is 10.2. The summed E-state index contributed by atoms with van der Waals surface area (Å²) in [6.45, 7) is 7.35. The van der Waals surface area contributed by atoms with Gasteiger partial charge in [0.05, 0.1) is 0 Å². The molecule has 1 unspecified atom stereocenters. The number of hydrogen-bond donors (Lipinski definition) is 3. The number of aliphatic hydroxyl groups is 1. The number of hydrogen-bond acceptors (Lipinski definition) is 4. The molecule has 5 nitrogen and oxygen atoms in total. The number of ether oxygens (including phenoxy) is 1. The van der Waals surface area contributed by atoms with Gasteiger partial charge in [0.2, 0.25) is 5.91 Å². The van der Waals surface area contributed by atoms with Gasteiger partial charge in [-0.15, -0.1) is 0 Å². The van der Waals surface area contributed by atoms with Crippen molar-refractivity contribution in [1.29, 1.82) is 0 Å². The maximum Gasteiger partial charge on any atom is 0.220 e. The smallest absolute Gasteiger partial charge is 0.220 e. The topological polar surface area (TPSA) is 70.6 Å². The van der Waals surface area contributed by atoms with E-state index in [9.17, 15) is 9.90 Å². The first-order chi connectivity index (χ1) is 10.5. The second-order valence-electron chi connectivity index (χ2n) is 5.70. The van der Waals surface area contributed by atoms with Gasteiger partial charge in [-0.1, -0.05) is 32.9 Å². The van der Waals surface area contributed by atoms with E-state index in [-0.39, 0.29) is 12.5 Å². The lowest BCUT2D eigenvalue weighted by molar-refractivity contribution is -0.121. The van der Waals surface area contributed by atoms with Crippen molar-refractivity contribution in [2.24, 2.45) is 0 Å². The van der Waals surface area contributed by atoms with Crippen molar-refractivity contribution >= 4 is 5.91 Å². The third-order valence-electron chi connectivity index (χ3n) is 3.09. The highest BCUT2D eigenvalue weighted by atomic mass is 16.5. The third-order valence-corrected chi connectivity index (χ3v) is 3.09. The summed E-state index contributed by atoms with van der Waals surface area (Å²) in [5.41, 5.74) is 1.03. The zero-order valence-electron chi connectivity index (χ0n) is 13.8. The van der Waals surface area contributed by atoms with Gasteiger partial charge in [0.15, 0.2) is 0 Å². The lowest BCUT2D eigenvalue weighted by atomic mass is 10.2. The molecule has 1 amide bonds. The normalized spacial score (nSPS) is 12.2. The van der Waals surface area contributed by atoms with Gasteiger partial charge in [-0.05, 0) is 24.1 Å². The summed E-state index contributed by atoms with van der Waals surface area (Å²) in [7, 11) is 0. The minimum atomic E-state index is -0.532. The van der Waals surface area contributed by atoms with Gasteiger partial charge >= 0.3 is 0 Å². The molecule has 1 aromatic carbocycles. The van der Waals surface area contributed by atoms with Crippen LogP contribution in [0.1, 0.15) is 39.2 Å². The molecule has 0 aromatic heterocycles. The SMILES string of the molecule is CCCC(=O)NCc1ccc(OCC(O)CNC(C)C)cc1. The van der Waals surface area contributed by atoms with Crippen molar-refractivity contribution < 1.29 is 14.6 Å². The lowest BCUT2D eigenvalue weighted by Crippen LogP contribution is -2.35. The van der Waals surface area contributed by atoms with E-state index >= 15 is 0 Å². The van der Waals surface area contributed by atoms with Gasteiger partial charge in [-0.25, -0.2) is 0 Å². The van der Waals surface area contributed by atoms with Gasteiger partial charge < -0.3 is 20.5 Å². The Labute approximate surface area is 133 Å². The molecule has 22 heavy (non-hydrogen) atoms. The van der Waals surface area contributed by atoms with E-state index in [1.807, 2.05) is 45.0 Å². The number of amides is 1. The molecule has 0 saturated heterocycles. The van der Waals surface area contributed by atoms with Crippen molar-refractivity contribution in [2.75, 3.05) is 13.2 Å². The van der Waals surface area contributed by atoms with Crippen LogP contribution in [0, 0.1) is 0 Å². The molecular formula is C17H28N2O3. The van der Waals surface area contributed by atoms with E-state index in [1.54, 1.807) is 0 Å². The lowest BCUT2D eigenvalue weighted by Gasteiger charge is -2.15. The molecule has 0 aliphatic rings. The summed E-state index contributed by atoms with van der Waals surface area (Å²) in [6, 6.07) is 7.88. The molecule has 1 aromatic rings. The van der Waals surface area contributed by atoms with Crippen molar-refractivity contribution in [1.82, 2.24) is 10.6 Å². The predicted octanol–water partition coefficient (Wildman–Crippen LogP) is 1.84. The summed E-state index contributed by atoms with van der Waals surface area (Å²) in [5.74, 6) is 0.788. The molecule has 1 rings (SSSR count). The Kier molecular flexibility index (Phi) is 8.55. The van der Waals surface area contributed by atoms with E-state index in [1.165, 1.54) is 0 Å². The number of nitrogens with one attached hydrogen (secondary N) is 2. The van der Waals surface area contributed by atoms with E-state index in [4.69, 9.17) is 4.74 Å². The first kappa shape index (κ1) is 18.5. The van der Waals surface area contributed by atoms with Crippen molar-refractivity contribution in [3.63, 3.8) is 0 Å². The van der Waals surface area contributed by atoms with E-state index < -0.39 is 6.10 Å². The van der Waals surface area contributed by atoms with Crippen LogP contribution in [0.15, 0.2) is 24.3 Å². The van der Waals surface area contributed by atoms with E-state index in [0.717, 1.165) is 12.0 Å². The van der Waals surface area contributed by atoms with E-state index in [2.05, 4.69) is 10.6 Å². The van der Waals surface area contributed by atoms with Gasteiger partial charge in [-0.3, -0.25) is 4.79 Å². The summed E-state index contributed by atoms with van der Waals surface area (Å²) in [4.78, 5) is 11.4. The molecule has 0 aliphatic carbocycles. The first-order valence-electron chi connectivity index (χ1n) is 7.91. The number of carbonyl (C=O) groups is 1. The zero-order valence-corrected chi connectivity index (χ0v) is 13.8. The zero-order chi connectivity index (χ0) is 16.4. The Hall–Kier alpha value is -1.59. The number of benzene rings is 1. The van der Waals surface area contributed by atoms with Gasteiger partial charge in [0.1, 0.15) is 18.5 Å². The summed E-state index contributed by atoms with van der Waals surface area (Å²) in [5, 5.41) is 15.8. The summed E-state index contributed by atoms with van der Waals surface area (Å²) >= 11 is 0. The van der Waals surface area contributed by atoms with Crippen LogP contribution in [-0.4, -0.2) is 36.3 Å². The quantitative estimate of drug-likeness (QED) is 0.617. The van der Waals surface area contributed by atoms with Crippen LogP contribution in [0.4, 0.5) is 0 Å². The van der Waals surface area contributed by atoms with Crippen LogP contribution in [0.2, 0.25) is 0 Å². The maximum absolute atomic E-state index is 11.4. The first-order valence-corrected chi connectivity index (χ1v) is 7.91. The van der Waals surface area contributed by atoms with Gasteiger partial charge in [-0.2, -0.15) is 0 Å². The number of rotatable bonds is 10. The molecule has 0 bridgehead atoms. The molecule has 0 spiro atoms. The number of aliphatic hydroxyl groups excluding tert-OH is 1. The van der Waals surface area contributed by atoms with Gasteiger partial charge in [0, 0.05) is 25.6 Å². The Balaban J connectivity index is 2.31. The van der Waals surface area contributed by atoms with Crippen LogP contribution in [0.3, 0.4) is 0 Å². The molecule has 3 N–H and O–H groups in total. The van der Waals surface area contributed by atoms with Crippen LogP contribution < -0.4 is 15.4 Å². The predicted molar refractivity (Wildman–Crippen MR) is 87.8 cm³/mol. The molecule has 0 fully saturated rings. The molecule has 0 heterocycles. The fourth-order valence-electron chi connectivity index (χ4n) is 1.84. The molecular weight excluding hydrogens is 280 g/mol. The standard InChI is InChI=1S/C17H28N2O3/c1-4-5-17(21)19-10-14-6-8-16(9-7-14)22-12-15(20)11-18-13(2)3/h6-9,13,15,18,20H,4-5,10-12H2,1-3H3,(H,19,21). The van der Waals surface area contributed by atoms with E-state index in [0.29, 0.717) is 31.3 Å². The molecule has 1 atom stereocenters. The molecule has 0 saturated carbocycles. The van der Waals surface area contributed by atoms with Crippen LogP contribution in [0.5, 0.6) is 5.75 Å². The van der Waals surface area contributed by atoms with Crippen molar-refractivity contribution in [2.45, 2.75) is 52.3 Å². The fraction of sp³-hybridized carbons (Fsp3) is 0.588. The minimum Gasteiger partial charge on any atom is -0.491 e. The van der Waals surface area contributed by atoms with Crippen molar-refractivity contribution in [3.8, 4) is 5.75 Å². The average Bonchev–Trinajstić information content (AvgIpc) is 2.50. The monoisotopic (exact) mass is 308 g/mol. The highest BCUT2D eigenvalue weighted by Gasteiger charge is 2.06. The minimum absolute atomic E-state index is 0.0728. The van der Waals surface area contributed by atoms with Crippen LogP contribution in [-0.2, 0) is 11.3 Å². The van der Waals surface area contributed by atoms with Crippen LogP contribution >= 0.6 is 0 Å². The summed E-state index contributed by atoms with van der Waals surface area (Å²) < 4.78 is 5.54. The average molecular weight is 308 g/mol. The van der Waals surface area contributed by atoms with Crippen molar-refractivity contribution in [3.05, 3.63) is 29.8 Å². The molecule has 0 aliphatic heterocycles. The molecule has 0 radical (unpaired) electrons. The van der Waals surface area contributed by atoms with Crippen LogP contribution in [0.25, 0.3) is 0 Å². The Morgan fingerprint density at radius 1 is 1.27 bits per heavy atom. The Morgan fingerprint density at radius 2 is 1.95 bits per heavy atom. The third kappa shape index (κ3) is 8.00. The van der Waals surface area contributed by atoms with Gasteiger partial charge in [0.25, 0.3) is 0 Å². The summed E-state index contributed by atoms with van der Waals surface area (Å²) in [6.07, 6.45) is 0.881. The Bertz CT molecular complexity index is 432. The molecule has 5 heteroatoms. The highest BCUT2D eigenvalue weighted by molar-refractivity contribution is 5.75. The second-order valence-corrected chi connectivity index (χ2v) is 5.70. The maximum atomic E-state index is 11.4. The fourth-order valence-corrected chi connectivity index (χ4v) is 1.84. The largest absolute Gasteiger partial charge is 0.491 e. The Morgan fingerprint density at radius 3 is 2.55 bits per heavy atom. The highest BCUT2D eigenvalue weighted by Crippen LogP contribution is 2.12. The number of carbonyl (C=O) groups excluding carboxylic acids is 1. The molecule has 124 valence electrons.